The fraction of sp³-hybridized carbons (Fsp3) is 0.562. The molecule has 1 unspecified atom stereocenters. The number of aromatic nitrogens is 1. The number of anilines is 2. The van der Waals surface area contributed by atoms with Gasteiger partial charge in [0.15, 0.2) is 5.82 Å². The Morgan fingerprint density at radius 2 is 2.14 bits per heavy atom. The summed E-state index contributed by atoms with van der Waals surface area (Å²) in [6.07, 6.45) is 4.39. The predicted octanol–water partition coefficient (Wildman–Crippen LogP) is 3.87. The highest BCUT2D eigenvalue weighted by Gasteiger charge is 2.43. The van der Waals surface area contributed by atoms with Crippen molar-refractivity contribution in [2.75, 3.05) is 10.2 Å². The molecule has 0 saturated heterocycles. The van der Waals surface area contributed by atoms with Gasteiger partial charge in [-0.2, -0.15) is 0 Å². The lowest BCUT2D eigenvalue weighted by Crippen LogP contribution is -2.59. The minimum Gasteiger partial charge on any atom is -0.370 e. The molecule has 1 atom stereocenters. The van der Waals surface area contributed by atoms with Gasteiger partial charge in [0.2, 0.25) is 0 Å². The van der Waals surface area contributed by atoms with Crippen LogP contribution in [-0.4, -0.2) is 22.2 Å². The SMILES string of the molecule is CCCC1(CC)Nc2cccnc2N(C(=N)C(C)C)C1=N. The van der Waals surface area contributed by atoms with Crippen LogP contribution in [-0.2, 0) is 0 Å². The standard InChI is InChI=1S/C16H25N5/c1-5-9-16(6-2)15(18)21(13(17)11(3)4)14-12(20-16)8-7-10-19-14/h7-8,10-11,17-18,20H,5-6,9H2,1-4H3. The maximum atomic E-state index is 8.69. The Kier molecular flexibility index (Phi) is 4.30. The van der Waals surface area contributed by atoms with Gasteiger partial charge < -0.3 is 5.32 Å². The number of fused-ring (bicyclic) bond motifs is 1. The summed E-state index contributed by atoms with van der Waals surface area (Å²) in [5.74, 6) is 1.59. The van der Waals surface area contributed by atoms with Gasteiger partial charge in [-0.05, 0) is 25.0 Å². The third kappa shape index (κ3) is 2.52. The van der Waals surface area contributed by atoms with Crippen LogP contribution in [0.2, 0.25) is 0 Å². The molecule has 0 aromatic carbocycles. The van der Waals surface area contributed by atoms with E-state index in [1.807, 2.05) is 26.0 Å². The van der Waals surface area contributed by atoms with Crippen molar-refractivity contribution >= 4 is 23.2 Å². The molecule has 0 amide bonds. The Labute approximate surface area is 126 Å². The van der Waals surface area contributed by atoms with E-state index in [0.29, 0.717) is 17.5 Å². The number of nitrogens with one attached hydrogen (secondary N) is 3. The molecule has 21 heavy (non-hydrogen) atoms. The Bertz CT molecular complexity index is 551. The summed E-state index contributed by atoms with van der Waals surface area (Å²) in [5.41, 5.74) is 0.501. The largest absolute Gasteiger partial charge is 0.370 e. The molecule has 5 heteroatoms. The van der Waals surface area contributed by atoms with Crippen LogP contribution in [0.5, 0.6) is 0 Å². The van der Waals surface area contributed by atoms with Crippen molar-refractivity contribution in [3.05, 3.63) is 18.3 Å². The van der Waals surface area contributed by atoms with E-state index >= 15 is 0 Å². The van der Waals surface area contributed by atoms with Crippen LogP contribution in [0, 0.1) is 16.7 Å². The second-order valence-corrected chi connectivity index (χ2v) is 5.91. The molecule has 1 aromatic rings. The van der Waals surface area contributed by atoms with E-state index in [1.54, 1.807) is 11.1 Å². The van der Waals surface area contributed by atoms with Gasteiger partial charge in [0.25, 0.3) is 0 Å². The summed E-state index contributed by atoms with van der Waals surface area (Å²) >= 11 is 0. The Hall–Kier alpha value is -1.91. The van der Waals surface area contributed by atoms with E-state index in [4.69, 9.17) is 10.8 Å². The summed E-state index contributed by atoms with van der Waals surface area (Å²) in [7, 11) is 0. The average Bonchev–Trinajstić information content (AvgIpc) is 2.47. The Morgan fingerprint density at radius 3 is 2.71 bits per heavy atom. The molecule has 1 aromatic heterocycles. The van der Waals surface area contributed by atoms with Crippen molar-refractivity contribution in [2.45, 2.75) is 52.5 Å². The van der Waals surface area contributed by atoms with Gasteiger partial charge in [-0.15, -0.1) is 0 Å². The van der Waals surface area contributed by atoms with Gasteiger partial charge in [0.05, 0.1) is 11.2 Å². The zero-order chi connectivity index (χ0) is 15.6. The fourth-order valence-electron chi connectivity index (χ4n) is 2.84. The summed E-state index contributed by atoms with van der Waals surface area (Å²) in [5, 5.41) is 20.6. The monoisotopic (exact) mass is 287 g/mol. The molecule has 3 N–H and O–H groups in total. The first-order valence-corrected chi connectivity index (χ1v) is 7.67. The van der Waals surface area contributed by atoms with E-state index in [9.17, 15) is 0 Å². The highest BCUT2D eigenvalue weighted by molar-refractivity contribution is 6.23. The number of hydrogen-bond acceptors (Lipinski definition) is 4. The van der Waals surface area contributed by atoms with Crippen molar-refractivity contribution in [3.63, 3.8) is 0 Å². The van der Waals surface area contributed by atoms with E-state index in [0.717, 1.165) is 24.9 Å². The fourth-order valence-corrected chi connectivity index (χ4v) is 2.84. The van der Waals surface area contributed by atoms with Crippen molar-refractivity contribution in [1.82, 2.24) is 4.98 Å². The van der Waals surface area contributed by atoms with Gasteiger partial charge in [0.1, 0.15) is 11.7 Å². The van der Waals surface area contributed by atoms with Crippen molar-refractivity contribution in [2.24, 2.45) is 5.92 Å². The molecule has 1 aliphatic heterocycles. The molecule has 1 aliphatic rings. The molecule has 2 heterocycles. The highest BCUT2D eigenvalue weighted by atomic mass is 15.3. The molecule has 2 rings (SSSR count). The molecule has 114 valence electrons. The summed E-state index contributed by atoms with van der Waals surface area (Å²) in [6.45, 7) is 8.18. The number of nitrogens with zero attached hydrogens (tertiary/aromatic N) is 2. The van der Waals surface area contributed by atoms with Gasteiger partial charge >= 0.3 is 0 Å². The van der Waals surface area contributed by atoms with Crippen molar-refractivity contribution in [1.29, 1.82) is 10.8 Å². The first kappa shape index (κ1) is 15.5. The van der Waals surface area contributed by atoms with Crippen LogP contribution in [0.1, 0.15) is 47.0 Å². The average molecular weight is 287 g/mol. The zero-order valence-corrected chi connectivity index (χ0v) is 13.3. The second kappa shape index (κ2) is 5.84. The number of hydrogen-bond donors (Lipinski definition) is 3. The Balaban J connectivity index is 2.56. The Morgan fingerprint density at radius 1 is 1.43 bits per heavy atom. The topological polar surface area (TPSA) is 75.9 Å². The van der Waals surface area contributed by atoms with Gasteiger partial charge in [-0.25, -0.2) is 4.98 Å². The first-order chi connectivity index (χ1) is 9.96. The smallest absolute Gasteiger partial charge is 0.163 e. The zero-order valence-electron chi connectivity index (χ0n) is 13.3. The lowest BCUT2D eigenvalue weighted by molar-refractivity contribution is 0.521. The molecule has 5 nitrogen and oxygen atoms in total. The van der Waals surface area contributed by atoms with Crippen LogP contribution < -0.4 is 10.2 Å². The van der Waals surface area contributed by atoms with Crippen LogP contribution in [0.3, 0.4) is 0 Å². The van der Waals surface area contributed by atoms with E-state index in [-0.39, 0.29) is 5.92 Å². The van der Waals surface area contributed by atoms with Gasteiger partial charge in [-0.1, -0.05) is 34.1 Å². The quantitative estimate of drug-likeness (QED) is 0.581. The van der Waals surface area contributed by atoms with E-state index < -0.39 is 5.54 Å². The van der Waals surface area contributed by atoms with Crippen molar-refractivity contribution < 1.29 is 0 Å². The minimum atomic E-state index is -0.411. The van der Waals surface area contributed by atoms with E-state index in [1.165, 1.54) is 0 Å². The lowest BCUT2D eigenvalue weighted by atomic mass is 9.85. The maximum Gasteiger partial charge on any atom is 0.163 e. The van der Waals surface area contributed by atoms with Crippen LogP contribution in [0.4, 0.5) is 11.5 Å². The predicted molar refractivity (Wildman–Crippen MR) is 88.6 cm³/mol. The number of amidine groups is 2. The van der Waals surface area contributed by atoms with Gasteiger partial charge in [0, 0.05) is 12.1 Å². The first-order valence-electron chi connectivity index (χ1n) is 7.67. The van der Waals surface area contributed by atoms with E-state index in [2.05, 4.69) is 24.1 Å². The minimum absolute atomic E-state index is 0.0505. The summed E-state index contributed by atoms with van der Waals surface area (Å²) in [4.78, 5) is 6.11. The molecule has 0 spiro atoms. The normalized spacial score (nSPS) is 21.2. The summed E-state index contributed by atoms with van der Waals surface area (Å²) < 4.78 is 0. The van der Waals surface area contributed by atoms with Crippen molar-refractivity contribution in [3.8, 4) is 0 Å². The lowest BCUT2D eigenvalue weighted by Gasteiger charge is -2.45. The molecular formula is C16H25N5. The molecule has 0 aliphatic carbocycles. The molecule has 0 fully saturated rings. The molecule has 0 bridgehead atoms. The number of pyridine rings is 1. The molecular weight excluding hydrogens is 262 g/mol. The third-order valence-electron chi connectivity index (χ3n) is 4.12. The number of rotatable bonds is 4. The summed E-state index contributed by atoms with van der Waals surface area (Å²) in [6, 6.07) is 3.87. The van der Waals surface area contributed by atoms with Crippen LogP contribution in [0.25, 0.3) is 0 Å². The highest BCUT2D eigenvalue weighted by Crippen LogP contribution is 2.38. The van der Waals surface area contributed by atoms with Crippen LogP contribution in [0.15, 0.2) is 18.3 Å². The third-order valence-corrected chi connectivity index (χ3v) is 4.12. The van der Waals surface area contributed by atoms with Crippen LogP contribution >= 0.6 is 0 Å². The molecule has 0 saturated carbocycles. The molecule has 0 radical (unpaired) electrons. The van der Waals surface area contributed by atoms with Gasteiger partial charge in [-0.3, -0.25) is 15.7 Å². The second-order valence-electron chi connectivity index (χ2n) is 5.91. The maximum absolute atomic E-state index is 8.69.